The van der Waals surface area contributed by atoms with Crippen molar-refractivity contribution in [3.05, 3.63) is 101 Å². The SMILES string of the molecule is Cc1nn(-c2ccccc2)c2nc3c(nc12)/C(=N\N=C\c1ccc(N(C)C)cc1)c1ccccc1-3. The molecule has 0 amide bonds. The van der Waals surface area contributed by atoms with Gasteiger partial charge in [-0.2, -0.15) is 10.2 Å². The lowest BCUT2D eigenvalue weighted by atomic mass is 10.1. The molecule has 5 aromatic rings. The fourth-order valence-electron chi connectivity index (χ4n) is 4.30. The van der Waals surface area contributed by atoms with Crippen molar-refractivity contribution in [1.82, 2.24) is 19.7 Å². The van der Waals surface area contributed by atoms with Crippen LogP contribution in [0, 0.1) is 6.92 Å². The smallest absolute Gasteiger partial charge is 0.182 e. The summed E-state index contributed by atoms with van der Waals surface area (Å²) in [5.74, 6) is 0. The number of rotatable bonds is 4. The molecule has 0 radical (unpaired) electrons. The molecular formula is C28H23N7. The Kier molecular flexibility index (Phi) is 4.95. The predicted octanol–water partition coefficient (Wildman–Crippen LogP) is 5.04. The monoisotopic (exact) mass is 457 g/mol. The maximum atomic E-state index is 5.04. The number of nitrogens with zero attached hydrogens (tertiary/aromatic N) is 7. The van der Waals surface area contributed by atoms with Crippen molar-refractivity contribution in [1.29, 1.82) is 0 Å². The summed E-state index contributed by atoms with van der Waals surface area (Å²) in [5, 5.41) is 13.7. The Labute approximate surface area is 203 Å². The first kappa shape index (κ1) is 20.9. The normalized spacial score (nSPS) is 13.5. The average molecular weight is 458 g/mol. The Hall–Kier alpha value is -4.65. The Morgan fingerprint density at radius 1 is 0.800 bits per heavy atom. The number of hydrogen-bond acceptors (Lipinski definition) is 6. The third kappa shape index (κ3) is 3.58. The highest BCUT2D eigenvalue weighted by Gasteiger charge is 2.30. The van der Waals surface area contributed by atoms with Crippen molar-refractivity contribution < 1.29 is 0 Å². The van der Waals surface area contributed by atoms with Crippen molar-refractivity contribution in [2.75, 3.05) is 19.0 Å². The standard InChI is InChI=1S/C28H23N7/c1-18-24-28(35(33-18)21-9-5-4-6-10-21)31-25-22-11-7-8-12-23(22)26(27(25)30-24)32-29-17-19-13-15-20(16-14-19)34(2)3/h4-17H,1-3H3/b29-17+,32-26-. The first-order valence-corrected chi connectivity index (χ1v) is 11.4. The first-order chi connectivity index (χ1) is 17.1. The van der Waals surface area contributed by atoms with Gasteiger partial charge >= 0.3 is 0 Å². The molecule has 3 aromatic carbocycles. The first-order valence-electron chi connectivity index (χ1n) is 11.4. The van der Waals surface area contributed by atoms with Gasteiger partial charge in [-0.05, 0) is 36.8 Å². The van der Waals surface area contributed by atoms with Crippen molar-refractivity contribution in [3.8, 4) is 16.9 Å². The molecule has 7 nitrogen and oxygen atoms in total. The molecule has 0 spiro atoms. The summed E-state index contributed by atoms with van der Waals surface area (Å²) >= 11 is 0. The fourth-order valence-corrected chi connectivity index (χ4v) is 4.30. The maximum absolute atomic E-state index is 5.04. The third-order valence-corrected chi connectivity index (χ3v) is 6.11. The van der Waals surface area contributed by atoms with Crippen molar-refractivity contribution >= 4 is 28.8 Å². The number of anilines is 1. The van der Waals surface area contributed by atoms with Crippen LogP contribution in [0.4, 0.5) is 5.69 Å². The van der Waals surface area contributed by atoms with Crippen LogP contribution in [0.1, 0.15) is 22.5 Å². The van der Waals surface area contributed by atoms with Crippen LogP contribution >= 0.6 is 0 Å². The molecule has 7 heteroatoms. The molecule has 0 atom stereocenters. The van der Waals surface area contributed by atoms with Gasteiger partial charge < -0.3 is 4.90 Å². The Balaban J connectivity index is 1.46. The van der Waals surface area contributed by atoms with Gasteiger partial charge in [0.25, 0.3) is 0 Å². The van der Waals surface area contributed by atoms with E-state index in [4.69, 9.17) is 15.1 Å². The van der Waals surface area contributed by atoms with Gasteiger partial charge in [-0.1, -0.05) is 54.6 Å². The summed E-state index contributed by atoms with van der Waals surface area (Å²) in [6.45, 7) is 1.96. The van der Waals surface area contributed by atoms with Crippen LogP contribution in [0.25, 0.3) is 28.1 Å². The summed E-state index contributed by atoms with van der Waals surface area (Å²) in [4.78, 5) is 12.1. The van der Waals surface area contributed by atoms with Crippen LogP contribution in [0.2, 0.25) is 0 Å². The van der Waals surface area contributed by atoms with Gasteiger partial charge in [0, 0.05) is 30.9 Å². The molecule has 35 heavy (non-hydrogen) atoms. The van der Waals surface area contributed by atoms with E-state index < -0.39 is 0 Å². The Morgan fingerprint density at radius 2 is 1.51 bits per heavy atom. The summed E-state index contributed by atoms with van der Waals surface area (Å²) in [6.07, 6.45) is 1.76. The number of hydrogen-bond donors (Lipinski definition) is 0. The quantitative estimate of drug-likeness (QED) is 0.275. The number of benzene rings is 3. The highest BCUT2D eigenvalue weighted by molar-refractivity contribution is 6.23. The molecule has 1 aliphatic rings. The fraction of sp³-hybridized carbons (Fsp3) is 0.107. The zero-order valence-corrected chi connectivity index (χ0v) is 19.7. The Morgan fingerprint density at radius 3 is 2.26 bits per heavy atom. The van der Waals surface area contributed by atoms with Gasteiger partial charge in [0.2, 0.25) is 0 Å². The lowest BCUT2D eigenvalue weighted by Gasteiger charge is -2.11. The summed E-state index contributed by atoms with van der Waals surface area (Å²) in [5.41, 5.74) is 9.60. The molecule has 6 rings (SSSR count). The summed E-state index contributed by atoms with van der Waals surface area (Å²) in [7, 11) is 4.04. The van der Waals surface area contributed by atoms with Gasteiger partial charge in [-0.15, -0.1) is 5.10 Å². The second-order valence-electron chi connectivity index (χ2n) is 8.65. The predicted molar refractivity (Wildman–Crippen MR) is 141 cm³/mol. The molecule has 1 aliphatic carbocycles. The van der Waals surface area contributed by atoms with Crippen LogP contribution in [0.5, 0.6) is 0 Å². The van der Waals surface area contributed by atoms with Gasteiger partial charge in [0.1, 0.15) is 22.6 Å². The molecule has 0 bridgehead atoms. The molecule has 0 fully saturated rings. The molecule has 0 saturated carbocycles. The van der Waals surface area contributed by atoms with E-state index >= 15 is 0 Å². The zero-order chi connectivity index (χ0) is 23.9. The zero-order valence-electron chi connectivity index (χ0n) is 19.7. The van der Waals surface area contributed by atoms with E-state index in [2.05, 4.69) is 33.3 Å². The van der Waals surface area contributed by atoms with E-state index in [-0.39, 0.29) is 0 Å². The molecule has 170 valence electrons. The average Bonchev–Trinajstić information content (AvgIpc) is 3.38. The topological polar surface area (TPSA) is 71.6 Å². The van der Waals surface area contributed by atoms with Crippen LogP contribution in [0.3, 0.4) is 0 Å². The summed E-state index contributed by atoms with van der Waals surface area (Å²) in [6, 6.07) is 26.3. The molecule has 2 heterocycles. The molecule has 0 saturated heterocycles. The van der Waals surface area contributed by atoms with E-state index in [0.717, 1.165) is 62.0 Å². The number of aryl methyl sites for hydroxylation is 1. The minimum atomic E-state index is 0.720. The van der Waals surface area contributed by atoms with Gasteiger partial charge in [0.05, 0.1) is 17.6 Å². The van der Waals surface area contributed by atoms with Crippen molar-refractivity contribution in [3.63, 3.8) is 0 Å². The van der Waals surface area contributed by atoms with E-state index in [1.807, 2.05) is 86.4 Å². The van der Waals surface area contributed by atoms with E-state index in [9.17, 15) is 0 Å². The van der Waals surface area contributed by atoms with Crippen LogP contribution in [0.15, 0.2) is 89.1 Å². The lowest BCUT2D eigenvalue weighted by Crippen LogP contribution is -2.08. The van der Waals surface area contributed by atoms with Crippen LogP contribution in [-0.4, -0.2) is 45.8 Å². The van der Waals surface area contributed by atoms with Gasteiger partial charge in [-0.25, -0.2) is 14.6 Å². The highest BCUT2D eigenvalue weighted by atomic mass is 15.3. The Bertz CT molecular complexity index is 1610. The van der Waals surface area contributed by atoms with Crippen LogP contribution in [-0.2, 0) is 0 Å². The minimum Gasteiger partial charge on any atom is -0.378 e. The van der Waals surface area contributed by atoms with E-state index in [0.29, 0.717) is 0 Å². The minimum absolute atomic E-state index is 0.720. The molecule has 2 aromatic heterocycles. The number of fused-ring (bicyclic) bond motifs is 4. The molecule has 0 aliphatic heterocycles. The lowest BCUT2D eigenvalue weighted by molar-refractivity contribution is 0.878. The highest BCUT2D eigenvalue weighted by Crippen LogP contribution is 2.36. The molecule has 0 unspecified atom stereocenters. The largest absolute Gasteiger partial charge is 0.378 e. The second-order valence-corrected chi connectivity index (χ2v) is 8.65. The van der Waals surface area contributed by atoms with Crippen molar-refractivity contribution in [2.24, 2.45) is 10.2 Å². The second kappa shape index (κ2) is 8.29. The van der Waals surface area contributed by atoms with Gasteiger partial charge in [0.15, 0.2) is 5.65 Å². The van der Waals surface area contributed by atoms with Crippen LogP contribution < -0.4 is 4.90 Å². The maximum Gasteiger partial charge on any atom is 0.182 e. The van der Waals surface area contributed by atoms with E-state index in [1.54, 1.807) is 6.21 Å². The number of aromatic nitrogens is 4. The summed E-state index contributed by atoms with van der Waals surface area (Å²) < 4.78 is 1.85. The third-order valence-electron chi connectivity index (χ3n) is 6.11. The number of para-hydroxylation sites is 1. The molecule has 0 N–H and O–H groups in total. The van der Waals surface area contributed by atoms with Crippen molar-refractivity contribution in [2.45, 2.75) is 6.92 Å². The molecular weight excluding hydrogens is 434 g/mol. The van der Waals surface area contributed by atoms with Gasteiger partial charge in [-0.3, -0.25) is 0 Å². The van der Waals surface area contributed by atoms with E-state index in [1.165, 1.54) is 0 Å².